The lowest BCUT2D eigenvalue weighted by molar-refractivity contribution is 0.0857. The lowest BCUT2D eigenvalue weighted by Crippen LogP contribution is -2.46. The third kappa shape index (κ3) is 2.31. The van der Waals surface area contributed by atoms with Gasteiger partial charge in [0.05, 0.1) is 5.54 Å². The quantitative estimate of drug-likeness (QED) is 0.840. The Kier molecular flexibility index (Phi) is 3.26. The Morgan fingerprint density at radius 3 is 2.72 bits per heavy atom. The van der Waals surface area contributed by atoms with Crippen molar-refractivity contribution < 1.29 is 9.21 Å². The highest BCUT2D eigenvalue weighted by Gasteiger charge is 2.30. The Hall–Kier alpha value is -1.61. The first-order chi connectivity index (χ1) is 8.44. The molecular formula is C15H19NO2. The van der Waals surface area contributed by atoms with Crippen LogP contribution < -0.4 is 5.32 Å². The molecule has 0 spiro atoms. The molecule has 0 fully saturated rings. The van der Waals surface area contributed by atoms with Crippen LogP contribution in [0.4, 0.5) is 0 Å². The maximum absolute atomic E-state index is 12.4. The fourth-order valence-electron chi connectivity index (χ4n) is 2.10. The van der Waals surface area contributed by atoms with Crippen LogP contribution in [-0.2, 0) is 0 Å². The van der Waals surface area contributed by atoms with Crippen LogP contribution in [-0.4, -0.2) is 17.9 Å². The number of furan rings is 1. The van der Waals surface area contributed by atoms with Gasteiger partial charge in [0, 0.05) is 5.39 Å². The van der Waals surface area contributed by atoms with Crippen molar-refractivity contribution in [3.05, 3.63) is 35.6 Å². The molecule has 0 unspecified atom stereocenters. The maximum atomic E-state index is 12.4. The number of carbonyl (C=O) groups is 1. The van der Waals surface area contributed by atoms with E-state index in [2.05, 4.69) is 5.32 Å². The molecule has 1 N–H and O–H groups in total. The van der Waals surface area contributed by atoms with E-state index in [1.165, 1.54) is 0 Å². The Balaban J connectivity index is 2.39. The number of rotatable bonds is 4. The van der Waals surface area contributed by atoms with E-state index in [1.54, 1.807) is 0 Å². The van der Waals surface area contributed by atoms with Crippen molar-refractivity contribution in [3.63, 3.8) is 0 Å². The zero-order valence-electron chi connectivity index (χ0n) is 11.3. The molecule has 0 atom stereocenters. The predicted octanol–water partition coefficient (Wildman–Crippen LogP) is 3.31. The van der Waals surface area contributed by atoms with Crippen molar-refractivity contribution >= 4 is 16.8 Å². The van der Waals surface area contributed by atoms with Crippen LogP contribution in [0.3, 0.4) is 0 Å². The van der Waals surface area contributed by atoms with Gasteiger partial charge in [0.15, 0.2) is 5.76 Å². The number of Topliss-reactive ketones (excluding diaryl/α,β-unsaturated/α-hetero) is 1. The molecule has 96 valence electrons. The van der Waals surface area contributed by atoms with Crippen molar-refractivity contribution in [1.82, 2.24) is 5.32 Å². The average molecular weight is 245 g/mol. The second kappa shape index (κ2) is 4.58. The SMILES string of the molecule is CCNC(C)(C)C(=O)c1cc2cc(C)ccc2o1. The van der Waals surface area contributed by atoms with Gasteiger partial charge in [0.2, 0.25) is 5.78 Å². The van der Waals surface area contributed by atoms with Crippen molar-refractivity contribution in [2.24, 2.45) is 0 Å². The van der Waals surface area contributed by atoms with Gasteiger partial charge in [0.1, 0.15) is 5.58 Å². The topological polar surface area (TPSA) is 42.2 Å². The largest absolute Gasteiger partial charge is 0.453 e. The van der Waals surface area contributed by atoms with Gasteiger partial charge < -0.3 is 9.73 Å². The summed E-state index contributed by atoms with van der Waals surface area (Å²) >= 11 is 0. The number of hydrogen-bond donors (Lipinski definition) is 1. The fraction of sp³-hybridized carbons (Fsp3) is 0.400. The smallest absolute Gasteiger partial charge is 0.217 e. The number of nitrogens with one attached hydrogen (secondary N) is 1. The highest BCUT2D eigenvalue weighted by molar-refractivity contribution is 6.03. The zero-order chi connectivity index (χ0) is 13.3. The molecule has 0 bridgehead atoms. The van der Waals surface area contributed by atoms with E-state index in [1.807, 2.05) is 52.0 Å². The molecule has 2 rings (SSSR count). The van der Waals surface area contributed by atoms with Crippen LogP contribution >= 0.6 is 0 Å². The summed E-state index contributed by atoms with van der Waals surface area (Å²) in [6.07, 6.45) is 0. The standard InChI is InChI=1S/C15H19NO2/c1-5-16-15(3,4)14(17)13-9-11-8-10(2)6-7-12(11)18-13/h6-9,16H,5H2,1-4H3. The van der Waals surface area contributed by atoms with Gasteiger partial charge in [-0.3, -0.25) is 4.79 Å². The van der Waals surface area contributed by atoms with Crippen LogP contribution in [0.5, 0.6) is 0 Å². The van der Waals surface area contributed by atoms with Gasteiger partial charge in [-0.2, -0.15) is 0 Å². The second-order valence-corrected chi connectivity index (χ2v) is 5.14. The number of fused-ring (bicyclic) bond motifs is 1. The zero-order valence-corrected chi connectivity index (χ0v) is 11.3. The monoisotopic (exact) mass is 245 g/mol. The molecule has 0 radical (unpaired) electrons. The lowest BCUT2D eigenvalue weighted by atomic mass is 9.97. The van der Waals surface area contributed by atoms with Gasteiger partial charge in [-0.1, -0.05) is 18.6 Å². The van der Waals surface area contributed by atoms with E-state index in [0.29, 0.717) is 5.76 Å². The number of carbonyl (C=O) groups excluding carboxylic acids is 1. The van der Waals surface area contributed by atoms with Crippen LogP contribution in [0.25, 0.3) is 11.0 Å². The molecule has 3 heteroatoms. The molecule has 0 saturated carbocycles. The minimum Gasteiger partial charge on any atom is -0.453 e. The molecule has 18 heavy (non-hydrogen) atoms. The van der Waals surface area contributed by atoms with Crippen molar-refractivity contribution in [2.75, 3.05) is 6.54 Å². The molecular weight excluding hydrogens is 226 g/mol. The lowest BCUT2D eigenvalue weighted by Gasteiger charge is -2.22. The van der Waals surface area contributed by atoms with E-state index < -0.39 is 5.54 Å². The summed E-state index contributed by atoms with van der Waals surface area (Å²) in [5.41, 5.74) is 1.32. The maximum Gasteiger partial charge on any atom is 0.217 e. The summed E-state index contributed by atoms with van der Waals surface area (Å²) in [5, 5.41) is 4.14. The number of likely N-dealkylation sites (N-methyl/N-ethyl adjacent to an activating group) is 1. The fourth-order valence-corrected chi connectivity index (χ4v) is 2.10. The van der Waals surface area contributed by atoms with Crippen LogP contribution in [0.2, 0.25) is 0 Å². The first-order valence-corrected chi connectivity index (χ1v) is 6.24. The molecule has 0 saturated heterocycles. The number of aryl methyl sites for hydroxylation is 1. The van der Waals surface area contributed by atoms with Crippen molar-refractivity contribution in [2.45, 2.75) is 33.2 Å². The summed E-state index contributed by atoms with van der Waals surface area (Å²) in [6.45, 7) is 8.50. The summed E-state index contributed by atoms with van der Waals surface area (Å²) in [7, 11) is 0. The molecule has 2 aromatic rings. The summed E-state index contributed by atoms with van der Waals surface area (Å²) in [4.78, 5) is 12.4. The first kappa shape index (κ1) is 12.8. The van der Waals surface area contributed by atoms with E-state index >= 15 is 0 Å². The summed E-state index contributed by atoms with van der Waals surface area (Å²) in [5.74, 6) is 0.403. The second-order valence-electron chi connectivity index (χ2n) is 5.14. The van der Waals surface area contributed by atoms with E-state index in [0.717, 1.165) is 23.1 Å². The van der Waals surface area contributed by atoms with Gasteiger partial charge >= 0.3 is 0 Å². The number of ketones is 1. The molecule has 1 aromatic carbocycles. The van der Waals surface area contributed by atoms with E-state index in [9.17, 15) is 4.79 Å². The van der Waals surface area contributed by atoms with Gasteiger partial charge in [0.25, 0.3) is 0 Å². The highest BCUT2D eigenvalue weighted by Crippen LogP contribution is 2.23. The Labute approximate surface area is 107 Å². The summed E-state index contributed by atoms with van der Waals surface area (Å²) < 4.78 is 5.63. The molecule has 0 aliphatic heterocycles. The molecule has 1 aromatic heterocycles. The van der Waals surface area contributed by atoms with Crippen LogP contribution in [0.15, 0.2) is 28.7 Å². The summed E-state index contributed by atoms with van der Waals surface area (Å²) in [6, 6.07) is 7.73. The van der Waals surface area contributed by atoms with Gasteiger partial charge in [-0.25, -0.2) is 0 Å². The Morgan fingerprint density at radius 1 is 1.33 bits per heavy atom. The minimum absolute atomic E-state index is 0.0156. The van der Waals surface area contributed by atoms with E-state index in [-0.39, 0.29) is 5.78 Å². The predicted molar refractivity (Wildman–Crippen MR) is 73.0 cm³/mol. The first-order valence-electron chi connectivity index (χ1n) is 6.24. The Bertz CT molecular complexity index is 581. The van der Waals surface area contributed by atoms with Crippen molar-refractivity contribution in [1.29, 1.82) is 0 Å². The number of benzene rings is 1. The minimum atomic E-state index is -0.600. The normalized spacial score (nSPS) is 12.0. The molecule has 3 nitrogen and oxygen atoms in total. The van der Waals surface area contributed by atoms with Gasteiger partial charge in [-0.15, -0.1) is 0 Å². The molecule has 0 amide bonds. The van der Waals surface area contributed by atoms with Crippen LogP contribution in [0, 0.1) is 6.92 Å². The van der Waals surface area contributed by atoms with E-state index in [4.69, 9.17) is 4.42 Å². The Morgan fingerprint density at radius 2 is 2.06 bits per heavy atom. The average Bonchev–Trinajstić information content (AvgIpc) is 2.70. The van der Waals surface area contributed by atoms with Crippen molar-refractivity contribution in [3.8, 4) is 0 Å². The van der Waals surface area contributed by atoms with Gasteiger partial charge in [-0.05, 0) is 45.5 Å². The third-order valence-corrected chi connectivity index (χ3v) is 3.08. The molecule has 1 heterocycles. The highest BCUT2D eigenvalue weighted by atomic mass is 16.3. The van der Waals surface area contributed by atoms with Crippen LogP contribution in [0.1, 0.15) is 36.9 Å². The third-order valence-electron chi connectivity index (χ3n) is 3.08. The molecule has 0 aliphatic rings. The molecule has 0 aliphatic carbocycles. The number of hydrogen-bond acceptors (Lipinski definition) is 3.